The van der Waals surface area contributed by atoms with Crippen LogP contribution in [0.4, 0.5) is 0 Å². The third kappa shape index (κ3) is 2.98. The predicted octanol–water partition coefficient (Wildman–Crippen LogP) is 6.51. The van der Waals surface area contributed by atoms with Crippen LogP contribution in [0, 0.1) is 13.8 Å². The van der Waals surface area contributed by atoms with Crippen molar-refractivity contribution < 1.29 is 9.53 Å². The summed E-state index contributed by atoms with van der Waals surface area (Å²) in [6.45, 7) is 19.6. The molecule has 0 aliphatic carbocycles. The second kappa shape index (κ2) is 6.47. The minimum atomic E-state index is -0.743. The third-order valence-electron chi connectivity index (χ3n) is 6.36. The number of carbonyl (C=O) groups excluding carboxylic acids is 1. The van der Waals surface area contributed by atoms with Crippen molar-refractivity contribution in [2.75, 3.05) is 0 Å². The lowest BCUT2D eigenvalue weighted by Gasteiger charge is -2.31. The fraction of sp³-hybridized carbons (Fsp3) is 0.500. The molecule has 0 bridgehead atoms. The van der Waals surface area contributed by atoms with E-state index in [9.17, 15) is 4.79 Å². The molecule has 1 heterocycles. The molecule has 0 saturated carbocycles. The van der Waals surface area contributed by atoms with Crippen molar-refractivity contribution in [2.45, 2.75) is 85.0 Å². The maximum Gasteiger partial charge on any atom is 0.326 e. The van der Waals surface area contributed by atoms with E-state index in [4.69, 9.17) is 4.74 Å². The van der Waals surface area contributed by atoms with Gasteiger partial charge in [-0.1, -0.05) is 78.8 Å². The lowest BCUT2D eigenvalue weighted by Crippen LogP contribution is -2.35. The number of carbonyl (C=O) groups is 1. The van der Waals surface area contributed by atoms with E-state index in [1.807, 2.05) is 0 Å². The second-order valence-electron chi connectivity index (χ2n) is 10.3. The van der Waals surface area contributed by atoms with E-state index in [1.54, 1.807) is 0 Å². The van der Waals surface area contributed by atoms with Crippen LogP contribution in [0.5, 0.6) is 5.75 Å². The minimum Gasteiger partial charge on any atom is -0.425 e. The number of hydrogen-bond acceptors (Lipinski definition) is 2. The van der Waals surface area contributed by atoms with Gasteiger partial charge in [0.25, 0.3) is 0 Å². The SMILES string of the molecule is CCC1(c2cccc(C)c2C)C(=O)Oc2c(C(C)(C)C)cc(C(C)(C)C)cc21. The summed E-state index contributed by atoms with van der Waals surface area (Å²) in [7, 11) is 0. The smallest absolute Gasteiger partial charge is 0.326 e. The number of esters is 1. The molecule has 1 unspecified atom stereocenters. The highest BCUT2D eigenvalue weighted by Crippen LogP contribution is 2.52. The molecule has 1 aliphatic heterocycles. The van der Waals surface area contributed by atoms with Crippen LogP contribution in [0.25, 0.3) is 0 Å². The summed E-state index contributed by atoms with van der Waals surface area (Å²) < 4.78 is 6.05. The Balaban J connectivity index is 2.44. The molecule has 2 aromatic carbocycles. The summed E-state index contributed by atoms with van der Waals surface area (Å²) in [6, 6.07) is 10.7. The molecule has 0 fully saturated rings. The average Bonchev–Trinajstić information content (AvgIpc) is 2.87. The summed E-state index contributed by atoms with van der Waals surface area (Å²) in [5.41, 5.74) is 5.98. The summed E-state index contributed by atoms with van der Waals surface area (Å²) in [4.78, 5) is 13.5. The van der Waals surface area contributed by atoms with Crippen molar-refractivity contribution >= 4 is 5.97 Å². The molecular formula is C26H34O2. The molecule has 0 spiro atoms. The lowest BCUT2D eigenvalue weighted by atomic mass is 9.68. The fourth-order valence-corrected chi connectivity index (χ4v) is 4.33. The van der Waals surface area contributed by atoms with Crippen molar-refractivity contribution in [3.8, 4) is 5.75 Å². The first-order valence-electron chi connectivity index (χ1n) is 10.3. The lowest BCUT2D eigenvalue weighted by molar-refractivity contribution is -0.137. The minimum absolute atomic E-state index is 0.0121. The van der Waals surface area contributed by atoms with E-state index in [1.165, 1.54) is 16.7 Å². The summed E-state index contributed by atoms with van der Waals surface area (Å²) in [5, 5.41) is 0. The average molecular weight is 379 g/mol. The Hall–Kier alpha value is -2.09. The molecule has 0 N–H and O–H groups in total. The van der Waals surface area contributed by atoms with E-state index in [2.05, 4.69) is 92.6 Å². The fourth-order valence-electron chi connectivity index (χ4n) is 4.33. The highest BCUT2D eigenvalue weighted by molar-refractivity contribution is 5.95. The molecule has 0 aromatic heterocycles. The largest absolute Gasteiger partial charge is 0.425 e. The van der Waals surface area contributed by atoms with Gasteiger partial charge < -0.3 is 4.74 Å². The molecule has 2 heteroatoms. The van der Waals surface area contributed by atoms with Crippen LogP contribution in [0.3, 0.4) is 0 Å². The molecule has 28 heavy (non-hydrogen) atoms. The number of hydrogen-bond donors (Lipinski definition) is 0. The van der Waals surface area contributed by atoms with Gasteiger partial charge in [-0.25, -0.2) is 0 Å². The van der Waals surface area contributed by atoms with Crippen molar-refractivity contribution in [1.29, 1.82) is 0 Å². The summed E-state index contributed by atoms with van der Waals surface area (Å²) >= 11 is 0. The quantitative estimate of drug-likeness (QED) is 0.439. The molecule has 3 rings (SSSR count). The Kier molecular flexibility index (Phi) is 4.77. The van der Waals surface area contributed by atoms with Gasteiger partial charge in [0, 0.05) is 11.1 Å². The first kappa shape index (κ1) is 20.6. The molecule has 2 aromatic rings. The topological polar surface area (TPSA) is 26.3 Å². The molecule has 0 amide bonds. The van der Waals surface area contributed by atoms with Crippen LogP contribution in [-0.4, -0.2) is 5.97 Å². The zero-order chi connectivity index (χ0) is 21.1. The van der Waals surface area contributed by atoms with Crippen molar-refractivity contribution in [3.05, 3.63) is 63.7 Å². The number of rotatable bonds is 2. The predicted molar refractivity (Wildman–Crippen MR) is 116 cm³/mol. The first-order valence-corrected chi connectivity index (χ1v) is 10.3. The zero-order valence-electron chi connectivity index (χ0n) is 18.9. The van der Waals surface area contributed by atoms with Gasteiger partial charge in [-0.05, 0) is 53.4 Å². The maximum absolute atomic E-state index is 13.5. The number of aryl methyl sites for hydroxylation is 1. The maximum atomic E-state index is 13.5. The van der Waals surface area contributed by atoms with E-state index in [0.29, 0.717) is 6.42 Å². The highest BCUT2D eigenvalue weighted by atomic mass is 16.5. The second-order valence-corrected chi connectivity index (χ2v) is 10.3. The van der Waals surface area contributed by atoms with Crippen molar-refractivity contribution in [3.63, 3.8) is 0 Å². The van der Waals surface area contributed by atoms with Crippen LogP contribution < -0.4 is 4.74 Å². The van der Waals surface area contributed by atoms with Crippen LogP contribution >= 0.6 is 0 Å². The van der Waals surface area contributed by atoms with Crippen LogP contribution in [0.15, 0.2) is 30.3 Å². The Morgan fingerprint density at radius 1 is 0.929 bits per heavy atom. The molecule has 150 valence electrons. The monoisotopic (exact) mass is 378 g/mol. The molecule has 1 aliphatic rings. The van der Waals surface area contributed by atoms with Gasteiger partial charge in [0.1, 0.15) is 11.2 Å². The molecular weight excluding hydrogens is 344 g/mol. The van der Waals surface area contributed by atoms with E-state index >= 15 is 0 Å². The molecule has 0 radical (unpaired) electrons. The van der Waals surface area contributed by atoms with Gasteiger partial charge in [0.05, 0.1) is 0 Å². The van der Waals surface area contributed by atoms with Gasteiger partial charge in [-0.3, -0.25) is 4.79 Å². The van der Waals surface area contributed by atoms with E-state index < -0.39 is 5.41 Å². The Labute approximate surface area is 170 Å². The Morgan fingerprint density at radius 3 is 2.11 bits per heavy atom. The van der Waals surface area contributed by atoms with Gasteiger partial charge >= 0.3 is 5.97 Å². The number of fused-ring (bicyclic) bond motifs is 1. The van der Waals surface area contributed by atoms with Gasteiger partial charge in [0.2, 0.25) is 0 Å². The Bertz CT molecular complexity index is 938. The van der Waals surface area contributed by atoms with Gasteiger partial charge in [0.15, 0.2) is 0 Å². The molecule has 2 nitrogen and oxygen atoms in total. The first-order chi connectivity index (χ1) is 12.8. The van der Waals surface area contributed by atoms with E-state index in [0.717, 1.165) is 22.4 Å². The highest BCUT2D eigenvalue weighted by Gasteiger charge is 2.52. The normalized spacial score (nSPS) is 19.5. The van der Waals surface area contributed by atoms with Crippen LogP contribution in [0.1, 0.15) is 88.3 Å². The standard InChI is InChI=1S/C26H34O2/c1-10-26(19-13-11-12-16(2)17(19)3)21-15-18(24(4,5)6)14-20(25(7,8)9)22(21)28-23(26)27/h11-15H,10H2,1-9H3. The third-order valence-corrected chi connectivity index (χ3v) is 6.36. The Morgan fingerprint density at radius 2 is 1.57 bits per heavy atom. The summed E-state index contributed by atoms with van der Waals surface area (Å²) in [6.07, 6.45) is 0.681. The van der Waals surface area contributed by atoms with Crippen molar-refractivity contribution in [2.24, 2.45) is 0 Å². The summed E-state index contributed by atoms with van der Waals surface area (Å²) in [5.74, 6) is 0.628. The van der Waals surface area contributed by atoms with Crippen LogP contribution in [-0.2, 0) is 21.0 Å². The zero-order valence-corrected chi connectivity index (χ0v) is 18.9. The van der Waals surface area contributed by atoms with E-state index in [-0.39, 0.29) is 16.8 Å². The molecule has 0 saturated heterocycles. The van der Waals surface area contributed by atoms with Crippen LogP contribution in [0.2, 0.25) is 0 Å². The van der Waals surface area contributed by atoms with Gasteiger partial charge in [-0.15, -0.1) is 0 Å². The number of benzene rings is 2. The van der Waals surface area contributed by atoms with Gasteiger partial charge in [-0.2, -0.15) is 0 Å². The molecule has 1 atom stereocenters. The number of ether oxygens (including phenoxy) is 1. The van der Waals surface area contributed by atoms with Crippen molar-refractivity contribution in [1.82, 2.24) is 0 Å².